The summed E-state index contributed by atoms with van der Waals surface area (Å²) < 4.78 is 28.3. The van der Waals surface area contributed by atoms with Crippen molar-refractivity contribution in [1.29, 1.82) is 0 Å². The summed E-state index contributed by atoms with van der Waals surface area (Å²) in [4.78, 5) is 12.6. The van der Waals surface area contributed by atoms with Gasteiger partial charge >= 0.3 is 0 Å². The van der Waals surface area contributed by atoms with Gasteiger partial charge in [-0.1, -0.05) is 69.5 Å². The topological polar surface area (TPSA) is 78.8 Å². The van der Waals surface area contributed by atoms with E-state index in [1.54, 1.807) is 36.4 Å². The molecule has 6 nitrogen and oxygen atoms in total. The molecular formula is C23H21BrClN3O3S. The summed E-state index contributed by atoms with van der Waals surface area (Å²) in [5, 5.41) is 4.48. The van der Waals surface area contributed by atoms with Crippen molar-refractivity contribution in [2.24, 2.45) is 5.10 Å². The molecule has 0 heterocycles. The molecule has 0 aliphatic carbocycles. The molecular weight excluding hydrogens is 514 g/mol. The Labute approximate surface area is 201 Å². The summed E-state index contributed by atoms with van der Waals surface area (Å²) in [6.07, 6.45) is 1.50. The van der Waals surface area contributed by atoms with E-state index in [1.165, 1.54) is 18.3 Å². The number of rotatable bonds is 8. The average Bonchev–Trinajstić information content (AvgIpc) is 2.76. The third-order valence-electron chi connectivity index (χ3n) is 4.52. The van der Waals surface area contributed by atoms with Crippen LogP contribution in [0.25, 0.3) is 0 Å². The molecule has 3 aromatic carbocycles. The molecule has 0 saturated heterocycles. The summed E-state index contributed by atoms with van der Waals surface area (Å²) in [5.41, 5.74) is 5.03. The van der Waals surface area contributed by atoms with Crippen LogP contribution in [0.5, 0.6) is 0 Å². The average molecular weight is 535 g/mol. The Morgan fingerprint density at radius 3 is 2.28 bits per heavy atom. The van der Waals surface area contributed by atoms with Gasteiger partial charge in [-0.25, -0.2) is 13.8 Å². The van der Waals surface area contributed by atoms with Crippen LogP contribution in [0.2, 0.25) is 5.02 Å². The molecule has 0 aliphatic heterocycles. The van der Waals surface area contributed by atoms with Crippen molar-refractivity contribution < 1.29 is 13.2 Å². The van der Waals surface area contributed by atoms with Gasteiger partial charge < -0.3 is 0 Å². The Bertz CT molecular complexity index is 1200. The van der Waals surface area contributed by atoms with Gasteiger partial charge in [-0.05, 0) is 54.4 Å². The first-order valence-electron chi connectivity index (χ1n) is 9.63. The Hall–Kier alpha value is -2.52. The van der Waals surface area contributed by atoms with Crippen LogP contribution >= 0.6 is 27.5 Å². The maximum absolute atomic E-state index is 13.2. The molecule has 9 heteroatoms. The van der Waals surface area contributed by atoms with Crippen LogP contribution in [0.15, 0.2) is 87.3 Å². The largest absolute Gasteiger partial charge is 0.272 e. The molecule has 0 unspecified atom stereocenters. The van der Waals surface area contributed by atoms with E-state index in [1.807, 2.05) is 31.2 Å². The van der Waals surface area contributed by atoms with Crippen molar-refractivity contribution in [1.82, 2.24) is 9.73 Å². The fourth-order valence-electron chi connectivity index (χ4n) is 2.80. The molecule has 0 atom stereocenters. The Kier molecular flexibility index (Phi) is 8.20. The van der Waals surface area contributed by atoms with Crippen LogP contribution in [0.1, 0.15) is 16.7 Å². The number of sulfonamides is 1. The SMILES string of the molecule is Cc1ccc(/C=N\NC(=O)CN(Cc2ccc(Cl)cc2)S(=O)(=O)c2ccc(Br)cc2)cc1. The summed E-state index contributed by atoms with van der Waals surface area (Å²) >= 11 is 9.23. The number of carbonyl (C=O) groups is 1. The third kappa shape index (κ3) is 6.74. The van der Waals surface area contributed by atoms with Gasteiger partial charge in [0.1, 0.15) is 0 Å². The van der Waals surface area contributed by atoms with Gasteiger partial charge in [0.15, 0.2) is 0 Å². The number of aryl methyl sites for hydroxylation is 1. The number of halogens is 2. The van der Waals surface area contributed by atoms with Crippen molar-refractivity contribution in [3.63, 3.8) is 0 Å². The molecule has 0 aliphatic rings. The normalized spacial score (nSPS) is 11.8. The highest BCUT2D eigenvalue weighted by Gasteiger charge is 2.27. The molecule has 0 saturated carbocycles. The standard InChI is InChI=1S/C23H21BrClN3O3S/c1-17-2-4-18(5-3-17)14-26-27-23(29)16-28(15-19-6-10-21(25)11-7-19)32(30,31)22-12-8-20(24)9-13-22/h2-14H,15-16H2,1H3,(H,27,29)/b26-14-. The lowest BCUT2D eigenvalue weighted by molar-refractivity contribution is -0.121. The van der Waals surface area contributed by atoms with E-state index in [0.717, 1.165) is 19.9 Å². The van der Waals surface area contributed by atoms with Crippen LogP contribution in [0, 0.1) is 6.92 Å². The predicted octanol–water partition coefficient (Wildman–Crippen LogP) is 4.75. The maximum atomic E-state index is 13.2. The molecule has 0 fully saturated rings. The molecule has 3 aromatic rings. The van der Waals surface area contributed by atoms with Crippen molar-refractivity contribution in [2.75, 3.05) is 6.54 Å². The second kappa shape index (κ2) is 10.9. The van der Waals surface area contributed by atoms with Crippen LogP contribution < -0.4 is 5.43 Å². The van der Waals surface area contributed by atoms with E-state index in [-0.39, 0.29) is 11.4 Å². The van der Waals surface area contributed by atoms with Crippen molar-refractivity contribution in [2.45, 2.75) is 18.4 Å². The highest BCUT2D eigenvalue weighted by atomic mass is 79.9. The number of nitrogens with one attached hydrogen (secondary N) is 1. The fourth-order valence-corrected chi connectivity index (χ4v) is 4.58. The molecule has 0 bridgehead atoms. The van der Waals surface area contributed by atoms with E-state index in [4.69, 9.17) is 11.6 Å². The summed E-state index contributed by atoms with van der Waals surface area (Å²) in [6, 6.07) is 20.7. The number of hydrazone groups is 1. The second-order valence-electron chi connectivity index (χ2n) is 7.06. The van der Waals surface area contributed by atoms with Gasteiger partial charge in [0, 0.05) is 16.0 Å². The number of hydrogen-bond acceptors (Lipinski definition) is 4. The lowest BCUT2D eigenvalue weighted by atomic mass is 10.2. The van der Waals surface area contributed by atoms with Gasteiger partial charge in [-0.3, -0.25) is 4.79 Å². The Morgan fingerprint density at radius 1 is 1.03 bits per heavy atom. The van der Waals surface area contributed by atoms with Gasteiger partial charge in [0.2, 0.25) is 10.0 Å². The quantitative estimate of drug-likeness (QED) is 0.335. The highest BCUT2D eigenvalue weighted by Crippen LogP contribution is 2.21. The van der Waals surface area contributed by atoms with Crippen molar-refractivity contribution >= 4 is 49.7 Å². The molecule has 0 spiro atoms. The lowest BCUT2D eigenvalue weighted by Crippen LogP contribution is -2.39. The highest BCUT2D eigenvalue weighted by molar-refractivity contribution is 9.10. The van der Waals surface area contributed by atoms with Gasteiger partial charge in [-0.2, -0.15) is 9.41 Å². The number of nitrogens with zero attached hydrogens (tertiary/aromatic N) is 2. The molecule has 0 aromatic heterocycles. The van der Waals surface area contributed by atoms with E-state index in [2.05, 4.69) is 26.5 Å². The first-order chi connectivity index (χ1) is 15.2. The zero-order chi connectivity index (χ0) is 23.1. The minimum Gasteiger partial charge on any atom is -0.272 e. The zero-order valence-electron chi connectivity index (χ0n) is 17.2. The molecule has 1 amide bonds. The Balaban J connectivity index is 1.78. The van der Waals surface area contributed by atoms with E-state index >= 15 is 0 Å². The van der Waals surface area contributed by atoms with Crippen molar-refractivity contribution in [3.8, 4) is 0 Å². The predicted molar refractivity (Wildman–Crippen MR) is 130 cm³/mol. The van der Waals surface area contributed by atoms with Crippen molar-refractivity contribution in [3.05, 3.63) is 99.0 Å². The van der Waals surface area contributed by atoms with Crippen LogP contribution in [0.4, 0.5) is 0 Å². The number of hydrogen-bond donors (Lipinski definition) is 1. The minimum atomic E-state index is -3.94. The van der Waals surface area contributed by atoms with Crippen LogP contribution in [-0.4, -0.2) is 31.4 Å². The lowest BCUT2D eigenvalue weighted by Gasteiger charge is -2.21. The molecule has 32 heavy (non-hydrogen) atoms. The number of carbonyl (C=O) groups excluding carboxylic acids is 1. The fraction of sp³-hybridized carbons (Fsp3) is 0.130. The summed E-state index contributed by atoms with van der Waals surface area (Å²) in [6.45, 7) is 1.58. The second-order valence-corrected chi connectivity index (χ2v) is 10.3. The number of amides is 1. The first-order valence-corrected chi connectivity index (χ1v) is 12.2. The van der Waals surface area contributed by atoms with Gasteiger partial charge in [0.25, 0.3) is 5.91 Å². The molecule has 1 N–H and O–H groups in total. The Morgan fingerprint density at radius 2 is 1.66 bits per heavy atom. The maximum Gasteiger partial charge on any atom is 0.255 e. The molecule has 0 radical (unpaired) electrons. The summed E-state index contributed by atoms with van der Waals surface area (Å²) in [5.74, 6) is -0.553. The molecule has 166 valence electrons. The van der Waals surface area contributed by atoms with Crippen LogP contribution in [-0.2, 0) is 21.4 Å². The monoisotopic (exact) mass is 533 g/mol. The minimum absolute atomic E-state index is 0.00463. The smallest absolute Gasteiger partial charge is 0.255 e. The molecule has 3 rings (SSSR count). The van der Waals surface area contributed by atoms with E-state index in [9.17, 15) is 13.2 Å². The van der Waals surface area contributed by atoms with Gasteiger partial charge in [0.05, 0.1) is 17.7 Å². The first kappa shape index (κ1) is 24.1. The van der Waals surface area contributed by atoms with E-state index < -0.39 is 22.5 Å². The zero-order valence-corrected chi connectivity index (χ0v) is 20.4. The number of benzene rings is 3. The summed E-state index contributed by atoms with van der Waals surface area (Å²) in [7, 11) is -3.94. The third-order valence-corrected chi connectivity index (χ3v) is 7.11. The van der Waals surface area contributed by atoms with Crippen LogP contribution in [0.3, 0.4) is 0 Å². The van der Waals surface area contributed by atoms with Gasteiger partial charge in [-0.15, -0.1) is 0 Å². The van der Waals surface area contributed by atoms with E-state index in [0.29, 0.717) is 10.6 Å².